The number of hydrogen-bond acceptors (Lipinski definition) is 6. The van der Waals surface area contributed by atoms with Crippen molar-refractivity contribution < 1.29 is 28.5 Å². The Morgan fingerprint density at radius 1 is 0.718 bits per heavy atom. The molecule has 0 N–H and O–H groups in total. The number of hydrogen-bond donors (Lipinski definition) is 0. The van der Waals surface area contributed by atoms with Gasteiger partial charge in [-0.1, -0.05) is 40.2 Å². The molecule has 1 heterocycles. The molecule has 204 valence electrons. The van der Waals surface area contributed by atoms with Crippen LogP contribution in [0.2, 0.25) is 0 Å². The molecule has 0 aliphatic carbocycles. The summed E-state index contributed by atoms with van der Waals surface area (Å²) in [6, 6.07) is 18.7. The minimum Gasteiger partial charge on any atom is -0.497 e. The number of halogens is 1. The Hall–Kier alpha value is -3.98. The van der Waals surface area contributed by atoms with Crippen LogP contribution >= 0.6 is 15.9 Å². The van der Waals surface area contributed by atoms with E-state index in [4.69, 9.17) is 18.9 Å². The fourth-order valence-corrected chi connectivity index (χ4v) is 4.89. The number of benzene rings is 3. The van der Waals surface area contributed by atoms with E-state index in [-0.39, 0.29) is 11.8 Å². The highest BCUT2D eigenvalue weighted by atomic mass is 79.9. The predicted octanol–water partition coefficient (Wildman–Crippen LogP) is 4.90. The Kier molecular flexibility index (Phi) is 9.14. The van der Waals surface area contributed by atoms with E-state index in [2.05, 4.69) is 15.9 Å². The fourth-order valence-electron chi connectivity index (χ4n) is 4.49. The lowest BCUT2D eigenvalue weighted by atomic mass is 9.97. The molecule has 1 fully saturated rings. The third kappa shape index (κ3) is 6.37. The molecule has 1 saturated heterocycles. The average molecular weight is 595 g/mol. The molecule has 0 atom stereocenters. The average Bonchev–Trinajstić information content (AvgIpc) is 2.98. The highest BCUT2D eigenvalue weighted by Gasteiger charge is 2.26. The van der Waals surface area contributed by atoms with Gasteiger partial charge in [-0.05, 0) is 53.1 Å². The summed E-state index contributed by atoms with van der Waals surface area (Å²) in [4.78, 5) is 30.2. The van der Waals surface area contributed by atoms with Gasteiger partial charge in [0.15, 0.2) is 11.5 Å². The molecule has 1 aliphatic heterocycles. The quantitative estimate of drug-likeness (QED) is 0.345. The maximum Gasteiger partial charge on any atom is 0.254 e. The van der Waals surface area contributed by atoms with Gasteiger partial charge in [0.25, 0.3) is 5.91 Å². The summed E-state index contributed by atoms with van der Waals surface area (Å²) in [5.41, 5.74) is 3.05. The van der Waals surface area contributed by atoms with Crippen molar-refractivity contribution in [1.29, 1.82) is 0 Å². The van der Waals surface area contributed by atoms with Crippen LogP contribution in [0.15, 0.2) is 71.2 Å². The number of nitrogens with zero attached hydrogens (tertiary/aromatic N) is 2. The van der Waals surface area contributed by atoms with Crippen LogP contribution in [0.1, 0.15) is 21.5 Å². The lowest BCUT2D eigenvalue weighted by Crippen LogP contribution is -2.50. The van der Waals surface area contributed by atoms with Gasteiger partial charge in [0.05, 0.1) is 28.4 Å². The van der Waals surface area contributed by atoms with E-state index in [9.17, 15) is 9.59 Å². The molecule has 39 heavy (non-hydrogen) atoms. The highest BCUT2D eigenvalue weighted by molar-refractivity contribution is 9.10. The third-order valence-electron chi connectivity index (χ3n) is 6.59. The summed E-state index contributed by atoms with van der Waals surface area (Å²) in [7, 11) is 6.16. The van der Waals surface area contributed by atoms with Crippen molar-refractivity contribution in [2.75, 3.05) is 54.6 Å². The topological polar surface area (TPSA) is 77.5 Å². The van der Waals surface area contributed by atoms with Gasteiger partial charge in [-0.25, -0.2) is 0 Å². The van der Waals surface area contributed by atoms with E-state index in [1.54, 1.807) is 35.1 Å². The van der Waals surface area contributed by atoms with Crippen LogP contribution in [0.25, 0.3) is 5.57 Å². The van der Waals surface area contributed by atoms with Gasteiger partial charge in [-0.2, -0.15) is 0 Å². The molecule has 0 spiro atoms. The Balaban J connectivity index is 1.52. The first-order valence-corrected chi connectivity index (χ1v) is 13.2. The van der Waals surface area contributed by atoms with Crippen molar-refractivity contribution in [2.24, 2.45) is 0 Å². The van der Waals surface area contributed by atoms with Crippen molar-refractivity contribution in [1.82, 2.24) is 9.80 Å². The van der Waals surface area contributed by atoms with Crippen molar-refractivity contribution in [3.63, 3.8) is 0 Å². The molecule has 8 nitrogen and oxygen atoms in total. The van der Waals surface area contributed by atoms with Crippen molar-refractivity contribution in [2.45, 2.75) is 0 Å². The molecule has 4 rings (SSSR count). The molecule has 0 bridgehead atoms. The SMILES string of the molecule is COc1ccc(C(=CC(=O)N2CCN(C(=O)c3cc(OC)c(OC)c(OC)c3)CC2)c2cccc(Br)c2)cc1. The Bertz CT molecular complexity index is 1340. The molecule has 0 aromatic heterocycles. The number of piperazine rings is 1. The monoisotopic (exact) mass is 594 g/mol. The molecule has 2 amide bonds. The minimum atomic E-state index is -0.162. The Morgan fingerprint density at radius 3 is 1.87 bits per heavy atom. The standard InChI is InChI=1S/C30H31BrN2O6/c1-36-24-10-8-20(9-11-24)25(21-6-5-7-23(31)16-21)19-28(34)32-12-14-33(15-13-32)30(35)22-17-26(37-2)29(39-4)27(18-22)38-3/h5-11,16-19H,12-15H2,1-4H3. The second-order valence-corrected chi connectivity index (χ2v) is 9.74. The van der Waals surface area contributed by atoms with E-state index in [0.717, 1.165) is 26.9 Å². The molecule has 3 aromatic carbocycles. The maximum atomic E-state index is 13.4. The fraction of sp³-hybridized carbons (Fsp3) is 0.267. The summed E-state index contributed by atoms with van der Waals surface area (Å²) in [6.45, 7) is 1.65. The molecule has 3 aromatic rings. The predicted molar refractivity (Wildman–Crippen MR) is 153 cm³/mol. The Morgan fingerprint density at radius 2 is 1.33 bits per heavy atom. The zero-order valence-corrected chi connectivity index (χ0v) is 24.0. The van der Waals surface area contributed by atoms with E-state index >= 15 is 0 Å². The van der Waals surface area contributed by atoms with Crippen molar-refractivity contribution >= 4 is 33.3 Å². The first kappa shape index (κ1) is 28.0. The largest absolute Gasteiger partial charge is 0.497 e. The van der Waals surface area contributed by atoms with Crippen LogP contribution in [-0.2, 0) is 4.79 Å². The van der Waals surface area contributed by atoms with Crippen molar-refractivity contribution in [3.05, 3.63) is 87.9 Å². The first-order chi connectivity index (χ1) is 18.9. The van der Waals surface area contributed by atoms with Gasteiger partial charge in [0, 0.05) is 42.3 Å². The highest BCUT2D eigenvalue weighted by Crippen LogP contribution is 2.38. The van der Waals surface area contributed by atoms with Gasteiger partial charge in [-0.15, -0.1) is 0 Å². The molecule has 0 radical (unpaired) electrons. The van der Waals surface area contributed by atoms with Crippen LogP contribution in [0.4, 0.5) is 0 Å². The molecular formula is C30H31BrN2O6. The third-order valence-corrected chi connectivity index (χ3v) is 7.09. The number of carbonyl (C=O) groups is 2. The van der Waals surface area contributed by atoms with Crippen LogP contribution in [0.5, 0.6) is 23.0 Å². The lowest BCUT2D eigenvalue weighted by molar-refractivity contribution is -0.127. The second kappa shape index (κ2) is 12.7. The summed E-state index contributed by atoms with van der Waals surface area (Å²) in [5.74, 6) is 1.73. The lowest BCUT2D eigenvalue weighted by Gasteiger charge is -2.34. The van der Waals surface area contributed by atoms with Gasteiger partial charge in [0.1, 0.15) is 5.75 Å². The second-order valence-electron chi connectivity index (χ2n) is 8.83. The zero-order chi connectivity index (χ0) is 27.9. The number of ether oxygens (including phenoxy) is 4. The molecule has 0 saturated carbocycles. The van der Waals surface area contributed by atoms with Crippen molar-refractivity contribution in [3.8, 4) is 23.0 Å². The first-order valence-electron chi connectivity index (χ1n) is 12.4. The van der Waals surface area contributed by atoms with E-state index in [1.165, 1.54) is 21.3 Å². The van der Waals surface area contributed by atoms with Crippen LogP contribution in [0.3, 0.4) is 0 Å². The number of rotatable bonds is 8. The maximum absolute atomic E-state index is 13.4. The summed E-state index contributed by atoms with van der Waals surface area (Å²) in [5, 5.41) is 0. The molecule has 0 unspecified atom stereocenters. The van der Waals surface area contributed by atoms with Crippen LogP contribution < -0.4 is 18.9 Å². The summed E-state index contributed by atoms with van der Waals surface area (Å²) in [6.07, 6.45) is 1.67. The van der Waals surface area contributed by atoms with Gasteiger partial charge in [0.2, 0.25) is 11.7 Å². The van der Waals surface area contributed by atoms with Crippen LogP contribution in [0, 0.1) is 0 Å². The molecular weight excluding hydrogens is 564 g/mol. The summed E-state index contributed by atoms with van der Waals surface area (Å²) >= 11 is 3.53. The van der Waals surface area contributed by atoms with E-state index in [1.807, 2.05) is 48.5 Å². The number of amides is 2. The smallest absolute Gasteiger partial charge is 0.254 e. The zero-order valence-electron chi connectivity index (χ0n) is 22.4. The van der Waals surface area contributed by atoms with E-state index < -0.39 is 0 Å². The molecule has 9 heteroatoms. The van der Waals surface area contributed by atoms with Gasteiger partial charge in [-0.3, -0.25) is 9.59 Å². The normalized spacial score (nSPS) is 13.6. The van der Waals surface area contributed by atoms with E-state index in [0.29, 0.717) is 49.0 Å². The number of carbonyl (C=O) groups excluding carboxylic acids is 2. The summed E-state index contributed by atoms with van der Waals surface area (Å²) < 4.78 is 22.4. The van der Waals surface area contributed by atoms with Gasteiger partial charge >= 0.3 is 0 Å². The van der Waals surface area contributed by atoms with Gasteiger partial charge < -0.3 is 28.7 Å². The number of methoxy groups -OCH3 is 4. The molecule has 1 aliphatic rings. The minimum absolute atomic E-state index is 0.110. The Labute approximate surface area is 236 Å². The van der Waals surface area contributed by atoms with Crippen LogP contribution in [-0.4, -0.2) is 76.2 Å².